The maximum absolute atomic E-state index is 13.0. The van der Waals surface area contributed by atoms with Crippen LogP contribution in [-0.4, -0.2) is 28.4 Å². The van der Waals surface area contributed by atoms with Gasteiger partial charge in [0.05, 0.1) is 12.0 Å². The summed E-state index contributed by atoms with van der Waals surface area (Å²) in [5.41, 5.74) is 1.40. The van der Waals surface area contributed by atoms with Crippen molar-refractivity contribution < 1.29 is 9.53 Å². The third kappa shape index (κ3) is 3.38. The van der Waals surface area contributed by atoms with E-state index >= 15 is 0 Å². The van der Waals surface area contributed by atoms with E-state index in [0.717, 1.165) is 34.1 Å². The summed E-state index contributed by atoms with van der Waals surface area (Å²) in [4.78, 5) is 17.9. The lowest BCUT2D eigenvalue weighted by Crippen LogP contribution is -2.50. The van der Waals surface area contributed by atoms with E-state index in [9.17, 15) is 4.79 Å². The van der Waals surface area contributed by atoms with Gasteiger partial charge in [0.2, 0.25) is 0 Å². The first-order chi connectivity index (χ1) is 13.7. The van der Waals surface area contributed by atoms with Crippen LogP contribution in [0, 0.1) is 0 Å². The molecule has 1 amide bonds. The Balaban J connectivity index is 1.90. The maximum Gasteiger partial charge on any atom is 0.276 e. The fourth-order valence-electron chi connectivity index (χ4n) is 3.27. The van der Waals surface area contributed by atoms with Crippen LogP contribution in [0.15, 0.2) is 58.6 Å². The molecule has 1 N–H and O–H groups in total. The Bertz CT molecular complexity index is 1050. The van der Waals surface area contributed by atoms with Gasteiger partial charge in [-0.1, -0.05) is 55.1 Å². The second kappa shape index (κ2) is 8.06. The normalized spacial score (nSPS) is 17.9. The van der Waals surface area contributed by atoms with Gasteiger partial charge in [0, 0.05) is 16.5 Å². The van der Waals surface area contributed by atoms with Crippen molar-refractivity contribution in [1.82, 2.24) is 10.3 Å². The van der Waals surface area contributed by atoms with Crippen LogP contribution < -0.4 is 20.6 Å². The van der Waals surface area contributed by atoms with Gasteiger partial charge in [-0.15, -0.1) is 5.10 Å². The van der Waals surface area contributed by atoms with Gasteiger partial charge in [0.1, 0.15) is 11.4 Å². The zero-order chi connectivity index (χ0) is 19.5. The highest BCUT2D eigenvalue weighted by Gasteiger charge is 2.35. The van der Waals surface area contributed by atoms with E-state index in [1.165, 1.54) is 11.8 Å². The van der Waals surface area contributed by atoms with E-state index in [1.807, 2.05) is 55.5 Å². The van der Waals surface area contributed by atoms with Crippen molar-refractivity contribution in [3.05, 3.63) is 64.7 Å². The largest absolute Gasteiger partial charge is 0.493 e. The summed E-state index contributed by atoms with van der Waals surface area (Å²) in [6.07, 6.45) is 0.538. The Morgan fingerprint density at radius 1 is 1.14 bits per heavy atom. The van der Waals surface area contributed by atoms with Crippen LogP contribution in [0.25, 0.3) is 5.70 Å². The third-order valence-electron chi connectivity index (χ3n) is 4.46. The number of benzene rings is 2. The number of thioether (sulfide) groups is 1. The molecule has 0 radical (unpaired) electrons. The smallest absolute Gasteiger partial charge is 0.276 e. The number of rotatable bonds is 5. The van der Waals surface area contributed by atoms with Crippen LogP contribution >= 0.6 is 11.8 Å². The van der Waals surface area contributed by atoms with Crippen LogP contribution in [0.4, 0.5) is 0 Å². The number of hydrogen-bond acceptors (Lipinski definition) is 6. The molecule has 7 heteroatoms. The molecule has 0 unspecified atom stereocenters. The lowest BCUT2D eigenvalue weighted by atomic mass is 10.1. The number of carbonyl (C=O) groups is 1. The minimum absolute atomic E-state index is 0.158. The number of fused-ring (bicyclic) bond motifs is 2. The summed E-state index contributed by atoms with van der Waals surface area (Å²) in [6, 6.07) is 15.5. The number of nitrogens with one attached hydrogen (secondary N) is 1. The SMILES string of the molecule is CCCSC1=NN2C(=c3ccccc3=N[C@@H]2c2ccccc2OCC)C(=O)N1. The van der Waals surface area contributed by atoms with Crippen molar-refractivity contribution in [2.24, 2.45) is 10.1 Å². The van der Waals surface area contributed by atoms with E-state index in [4.69, 9.17) is 14.8 Å². The molecule has 2 heterocycles. The summed E-state index contributed by atoms with van der Waals surface area (Å²) in [6.45, 7) is 4.61. The Labute approximate surface area is 168 Å². The molecule has 1 atom stereocenters. The van der Waals surface area contributed by atoms with E-state index in [2.05, 4.69) is 12.2 Å². The molecule has 0 saturated carbocycles. The van der Waals surface area contributed by atoms with Crippen molar-refractivity contribution in [2.45, 2.75) is 26.4 Å². The van der Waals surface area contributed by atoms with Crippen LogP contribution in [0.3, 0.4) is 0 Å². The molecule has 6 nitrogen and oxygen atoms in total. The van der Waals surface area contributed by atoms with Crippen molar-refractivity contribution in [3.8, 4) is 5.75 Å². The van der Waals surface area contributed by atoms with E-state index in [-0.39, 0.29) is 5.91 Å². The van der Waals surface area contributed by atoms with Crippen molar-refractivity contribution >= 4 is 28.5 Å². The molecule has 4 rings (SSSR count). The highest BCUT2D eigenvalue weighted by Crippen LogP contribution is 2.35. The molecular formula is C21H22N4O2S. The van der Waals surface area contributed by atoms with Gasteiger partial charge in [-0.25, -0.2) is 5.01 Å². The number of nitrogens with zero attached hydrogens (tertiary/aromatic N) is 3. The summed E-state index contributed by atoms with van der Waals surface area (Å²) >= 11 is 1.54. The standard InChI is InChI=1S/C21H22N4O2S/c1-3-13-28-21-23-20(26)18-14-9-5-7-11-16(14)22-19(25(18)24-21)15-10-6-8-12-17(15)27-4-2/h5-12,19H,3-4,13H2,1-2H3,(H,23,24,26)/t19-/m0/s1. The molecule has 0 aromatic heterocycles. The van der Waals surface area contributed by atoms with Gasteiger partial charge >= 0.3 is 0 Å². The molecule has 2 aromatic rings. The van der Waals surface area contributed by atoms with E-state index < -0.39 is 6.17 Å². The van der Waals surface area contributed by atoms with Gasteiger partial charge in [-0.2, -0.15) is 0 Å². The predicted molar refractivity (Wildman–Crippen MR) is 111 cm³/mol. The molecule has 0 aliphatic carbocycles. The van der Waals surface area contributed by atoms with Crippen molar-refractivity contribution in [3.63, 3.8) is 0 Å². The molecule has 0 spiro atoms. The molecule has 144 valence electrons. The van der Waals surface area contributed by atoms with Crippen molar-refractivity contribution in [2.75, 3.05) is 12.4 Å². The first-order valence-electron chi connectivity index (χ1n) is 9.43. The van der Waals surface area contributed by atoms with Gasteiger partial charge in [0.25, 0.3) is 5.91 Å². The van der Waals surface area contributed by atoms with Crippen LogP contribution in [0.2, 0.25) is 0 Å². The number of carbonyl (C=O) groups excluding carboxylic acids is 1. The Morgan fingerprint density at radius 2 is 1.93 bits per heavy atom. The molecule has 2 aliphatic heterocycles. The quantitative estimate of drug-likeness (QED) is 0.846. The summed E-state index contributed by atoms with van der Waals surface area (Å²) in [5, 5.41) is 11.6. The zero-order valence-electron chi connectivity index (χ0n) is 15.9. The third-order valence-corrected chi connectivity index (χ3v) is 5.52. The van der Waals surface area contributed by atoms with E-state index in [0.29, 0.717) is 17.5 Å². The Hall–Kier alpha value is -2.80. The predicted octanol–water partition coefficient (Wildman–Crippen LogP) is 2.37. The minimum Gasteiger partial charge on any atom is -0.493 e. The number of para-hydroxylation sites is 2. The second-order valence-electron chi connectivity index (χ2n) is 6.39. The van der Waals surface area contributed by atoms with Gasteiger partial charge < -0.3 is 4.74 Å². The monoisotopic (exact) mass is 394 g/mol. The fraction of sp³-hybridized carbons (Fsp3) is 0.286. The first-order valence-corrected chi connectivity index (χ1v) is 10.4. The van der Waals surface area contributed by atoms with Crippen LogP contribution in [-0.2, 0) is 4.79 Å². The molecule has 0 bridgehead atoms. The molecule has 28 heavy (non-hydrogen) atoms. The van der Waals surface area contributed by atoms with Crippen LogP contribution in [0.1, 0.15) is 32.0 Å². The van der Waals surface area contributed by atoms with E-state index in [1.54, 1.807) is 5.01 Å². The number of amides is 1. The molecular weight excluding hydrogens is 372 g/mol. The number of hydrogen-bond donors (Lipinski definition) is 1. The van der Waals surface area contributed by atoms with Gasteiger partial charge in [-0.3, -0.25) is 15.1 Å². The number of ether oxygens (including phenoxy) is 1. The molecule has 2 aromatic carbocycles. The highest BCUT2D eigenvalue weighted by atomic mass is 32.2. The summed E-state index contributed by atoms with van der Waals surface area (Å²) in [7, 11) is 0. The average Bonchev–Trinajstić information content (AvgIpc) is 2.72. The fourth-order valence-corrected chi connectivity index (χ4v) is 3.98. The molecule has 0 fully saturated rings. The lowest BCUT2D eigenvalue weighted by molar-refractivity contribution is -0.116. The van der Waals surface area contributed by atoms with Gasteiger partial charge in [-0.05, 0) is 25.5 Å². The Kier molecular flexibility index (Phi) is 5.34. The topological polar surface area (TPSA) is 66.3 Å². The summed E-state index contributed by atoms with van der Waals surface area (Å²) in [5.74, 6) is 1.48. The maximum atomic E-state index is 13.0. The lowest BCUT2D eigenvalue weighted by Gasteiger charge is -2.34. The highest BCUT2D eigenvalue weighted by molar-refractivity contribution is 8.13. The zero-order valence-corrected chi connectivity index (χ0v) is 16.7. The van der Waals surface area contributed by atoms with Crippen LogP contribution in [0.5, 0.6) is 5.75 Å². The molecule has 2 aliphatic rings. The second-order valence-corrected chi connectivity index (χ2v) is 7.48. The first kappa shape index (κ1) is 18.6. The molecule has 0 saturated heterocycles. The number of hydrazone groups is 1. The summed E-state index contributed by atoms with van der Waals surface area (Å²) < 4.78 is 5.83. The number of amidine groups is 1. The average molecular weight is 395 g/mol. The minimum atomic E-state index is -0.462. The van der Waals surface area contributed by atoms with Gasteiger partial charge in [0.15, 0.2) is 11.3 Å². The Morgan fingerprint density at radius 3 is 2.75 bits per heavy atom. The van der Waals surface area contributed by atoms with Crippen molar-refractivity contribution in [1.29, 1.82) is 0 Å².